The molecular formula is C18H17F2N3O2S2. The Kier molecular flexibility index (Phi) is 6.97. The van der Waals surface area contributed by atoms with E-state index in [2.05, 4.69) is 15.5 Å². The van der Waals surface area contributed by atoms with Crippen molar-refractivity contribution in [3.05, 3.63) is 65.7 Å². The van der Waals surface area contributed by atoms with Crippen molar-refractivity contribution in [3.8, 4) is 5.75 Å². The summed E-state index contributed by atoms with van der Waals surface area (Å²) in [6, 6.07) is 11.9. The number of benzene rings is 2. The smallest absolute Gasteiger partial charge is 0.206 e. The van der Waals surface area contributed by atoms with Gasteiger partial charge in [0, 0.05) is 12.3 Å². The van der Waals surface area contributed by atoms with Crippen LogP contribution in [0.1, 0.15) is 5.56 Å². The monoisotopic (exact) mass is 409 g/mol. The minimum atomic E-state index is -0.695. The van der Waals surface area contributed by atoms with Crippen LogP contribution in [-0.4, -0.2) is 33.8 Å². The summed E-state index contributed by atoms with van der Waals surface area (Å²) in [5.74, 6) is 0.297. The molecule has 0 spiro atoms. The van der Waals surface area contributed by atoms with Crippen molar-refractivity contribution in [1.29, 1.82) is 0 Å². The third-order valence-electron chi connectivity index (χ3n) is 3.42. The molecule has 2 aromatic carbocycles. The molecule has 5 nitrogen and oxygen atoms in total. The van der Waals surface area contributed by atoms with E-state index in [-0.39, 0.29) is 18.2 Å². The van der Waals surface area contributed by atoms with E-state index in [1.54, 1.807) is 12.1 Å². The van der Waals surface area contributed by atoms with Gasteiger partial charge in [-0.25, -0.2) is 8.78 Å². The van der Waals surface area contributed by atoms with Crippen molar-refractivity contribution in [2.24, 2.45) is 0 Å². The van der Waals surface area contributed by atoms with Gasteiger partial charge in [-0.15, -0.1) is 10.2 Å². The maximum atomic E-state index is 12.9. The highest BCUT2D eigenvalue weighted by atomic mass is 32.2. The maximum Gasteiger partial charge on any atom is 0.206 e. The molecule has 0 saturated carbocycles. The number of nitrogens with one attached hydrogen (secondary N) is 1. The first-order valence-electron chi connectivity index (χ1n) is 8.09. The van der Waals surface area contributed by atoms with Gasteiger partial charge < -0.3 is 15.2 Å². The van der Waals surface area contributed by atoms with E-state index in [0.29, 0.717) is 23.2 Å². The Morgan fingerprint density at radius 1 is 1.04 bits per heavy atom. The van der Waals surface area contributed by atoms with Crippen molar-refractivity contribution < 1.29 is 18.6 Å². The Labute approximate surface area is 163 Å². The van der Waals surface area contributed by atoms with Crippen LogP contribution in [0, 0.1) is 11.6 Å². The third kappa shape index (κ3) is 6.46. The molecule has 0 amide bonds. The van der Waals surface area contributed by atoms with Crippen LogP contribution in [0.2, 0.25) is 0 Å². The summed E-state index contributed by atoms with van der Waals surface area (Å²) in [7, 11) is 0. The van der Waals surface area contributed by atoms with E-state index in [0.717, 1.165) is 9.90 Å². The molecule has 0 radical (unpaired) electrons. The molecule has 0 aliphatic heterocycles. The van der Waals surface area contributed by atoms with E-state index in [1.165, 1.54) is 59.5 Å². The molecule has 3 aromatic rings. The highest BCUT2D eigenvalue weighted by molar-refractivity contribution is 8.01. The zero-order chi connectivity index (χ0) is 19.1. The first-order chi connectivity index (χ1) is 13.1. The minimum absolute atomic E-state index is 0.104. The first kappa shape index (κ1) is 19.5. The van der Waals surface area contributed by atoms with Crippen LogP contribution in [0.4, 0.5) is 13.9 Å². The lowest BCUT2D eigenvalue weighted by molar-refractivity contribution is 0.126. The normalized spacial score (nSPS) is 12.0. The fourth-order valence-corrected chi connectivity index (χ4v) is 3.74. The largest absolute Gasteiger partial charge is 0.491 e. The van der Waals surface area contributed by atoms with Crippen molar-refractivity contribution in [1.82, 2.24) is 10.2 Å². The number of hydrogen-bond acceptors (Lipinski definition) is 7. The van der Waals surface area contributed by atoms with Gasteiger partial charge in [-0.3, -0.25) is 0 Å². The van der Waals surface area contributed by atoms with Gasteiger partial charge in [0.05, 0.1) is 6.10 Å². The van der Waals surface area contributed by atoms with Crippen LogP contribution in [0.15, 0.2) is 52.9 Å². The number of rotatable bonds is 9. The van der Waals surface area contributed by atoms with Gasteiger partial charge >= 0.3 is 0 Å². The molecule has 0 aliphatic carbocycles. The predicted octanol–water partition coefficient (Wildman–Crippen LogP) is 3.96. The van der Waals surface area contributed by atoms with Crippen molar-refractivity contribution in [3.63, 3.8) is 0 Å². The van der Waals surface area contributed by atoms with Crippen LogP contribution < -0.4 is 10.1 Å². The Hall–Kier alpha value is -2.23. The number of aliphatic hydroxyl groups excluding tert-OH is 1. The second-order valence-corrected chi connectivity index (χ2v) is 7.83. The Morgan fingerprint density at radius 3 is 2.41 bits per heavy atom. The van der Waals surface area contributed by atoms with E-state index >= 15 is 0 Å². The first-order valence-corrected chi connectivity index (χ1v) is 9.90. The molecule has 142 valence electrons. The van der Waals surface area contributed by atoms with E-state index < -0.39 is 6.10 Å². The van der Waals surface area contributed by atoms with Crippen molar-refractivity contribution >= 4 is 28.2 Å². The van der Waals surface area contributed by atoms with Gasteiger partial charge in [-0.2, -0.15) is 0 Å². The molecule has 1 aromatic heterocycles. The number of anilines is 1. The summed E-state index contributed by atoms with van der Waals surface area (Å²) in [5.41, 5.74) is 0.939. The Balaban J connectivity index is 1.39. The standard InChI is InChI=1S/C18H17F2N3O2S2/c19-13-3-1-12(2-4-13)9-21-17-22-23-18(27-17)26-11-15(24)10-25-16-7-5-14(20)6-8-16/h1-8,15,24H,9-11H2,(H,21,22). The molecule has 0 fully saturated rings. The summed E-state index contributed by atoms with van der Waals surface area (Å²) in [6.45, 7) is 0.626. The molecule has 2 N–H and O–H groups in total. The van der Waals surface area contributed by atoms with Gasteiger partial charge in [-0.05, 0) is 42.0 Å². The highest BCUT2D eigenvalue weighted by Crippen LogP contribution is 2.26. The molecule has 1 atom stereocenters. The zero-order valence-electron chi connectivity index (χ0n) is 14.1. The van der Waals surface area contributed by atoms with E-state index in [4.69, 9.17) is 4.74 Å². The number of aliphatic hydroxyl groups is 1. The number of nitrogens with zero attached hydrogens (tertiary/aromatic N) is 2. The number of aromatic nitrogens is 2. The SMILES string of the molecule is OC(COc1ccc(F)cc1)CSc1nnc(NCc2ccc(F)cc2)s1. The summed E-state index contributed by atoms with van der Waals surface area (Å²) in [4.78, 5) is 0. The van der Waals surface area contributed by atoms with Crippen LogP contribution in [0.3, 0.4) is 0 Å². The van der Waals surface area contributed by atoms with Gasteiger partial charge in [-0.1, -0.05) is 35.2 Å². The second-order valence-electron chi connectivity index (χ2n) is 5.58. The average Bonchev–Trinajstić information content (AvgIpc) is 3.13. The maximum absolute atomic E-state index is 12.9. The molecule has 1 heterocycles. The molecule has 9 heteroatoms. The lowest BCUT2D eigenvalue weighted by Crippen LogP contribution is -2.20. The van der Waals surface area contributed by atoms with Gasteiger partial charge in [0.25, 0.3) is 0 Å². The third-order valence-corrected chi connectivity index (χ3v) is 5.58. The van der Waals surface area contributed by atoms with Gasteiger partial charge in [0.2, 0.25) is 5.13 Å². The lowest BCUT2D eigenvalue weighted by Gasteiger charge is -2.11. The van der Waals surface area contributed by atoms with Crippen LogP contribution in [0.25, 0.3) is 0 Å². The van der Waals surface area contributed by atoms with E-state index in [9.17, 15) is 13.9 Å². The summed E-state index contributed by atoms with van der Waals surface area (Å²) in [5, 5.41) is 21.9. The molecule has 27 heavy (non-hydrogen) atoms. The Morgan fingerprint density at radius 2 is 1.70 bits per heavy atom. The molecule has 0 saturated heterocycles. The quantitative estimate of drug-likeness (QED) is 0.522. The topological polar surface area (TPSA) is 67.3 Å². The molecule has 1 unspecified atom stereocenters. The number of ether oxygens (including phenoxy) is 1. The van der Waals surface area contributed by atoms with Crippen molar-refractivity contribution in [2.45, 2.75) is 17.0 Å². The Bertz CT molecular complexity index is 845. The number of hydrogen-bond donors (Lipinski definition) is 2. The molecule has 3 rings (SSSR count). The van der Waals surface area contributed by atoms with Gasteiger partial charge in [0.1, 0.15) is 24.0 Å². The fourth-order valence-electron chi connectivity index (χ4n) is 2.06. The second kappa shape index (κ2) is 9.63. The molecule has 0 aliphatic rings. The van der Waals surface area contributed by atoms with Gasteiger partial charge in [0.15, 0.2) is 4.34 Å². The van der Waals surface area contributed by atoms with Crippen LogP contribution in [-0.2, 0) is 6.54 Å². The summed E-state index contributed by atoms with van der Waals surface area (Å²) < 4.78 is 31.8. The minimum Gasteiger partial charge on any atom is -0.491 e. The highest BCUT2D eigenvalue weighted by Gasteiger charge is 2.10. The summed E-state index contributed by atoms with van der Waals surface area (Å²) >= 11 is 2.75. The predicted molar refractivity (Wildman–Crippen MR) is 102 cm³/mol. The van der Waals surface area contributed by atoms with E-state index in [1.807, 2.05) is 0 Å². The lowest BCUT2D eigenvalue weighted by atomic mass is 10.2. The number of halogens is 2. The fraction of sp³-hybridized carbons (Fsp3) is 0.222. The summed E-state index contributed by atoms with van der Waals surface area (Å²) in [6.07, 6.45) is -0.695. The molecule has 0 bridgehead atoms. The average molecular weight is 409 g/mol. The van der Waals surface area contributed by atoms with Crippen LogP contribution >= 0.6 is 23.1 Å². The molecular weight excluding hydrogens is 392 g/mol. The van der Waals surface area contributed by atoms with Crippen molar-refractivity contribution in [2.75, 3.05) is 17.7 Å². The zero-order valence-corrected chi connectivity index (χ0v) is 15.8. The number of thioether (sulfide) groups is 1. The van der Waals surface area contributed by atoms with Crippen LogP contribution in [0.5, 0.6) is 5.75 Å².